The Morgan fingerprint density at radius 2 is 2.19 bits per heavy atom. The molecule has 0 bridgehead atoms. The lowest BCUT2D eigenvalue weighted by Crippen LogP contribution is -2.40. The van der Waals surface area contributed by atoms with Gasteiger partial charge in [-0.1, -0.05) is 0 Å². The molecule has 1 aromatic rings. The molecule has 1 N–H and O–H groups in total. The number of nitrogens with one attached hydrogen (secondary N) is 1. The maximum Gasteiger partial charge on any atom is 0.308 e. The number of ether oxygens (including phenoxy) is 2. The standard InChI is InChI=1S/C12H12F2N2O5/c13-7-3-9(11(14)10(4-7)16(18)19)12(17)15-5-8-6-20-1-2-21-8/h3-4,8H,1-2,5-6H2,(H,15,17). The molecule has 9 heteroatoms. The third-order valence-corrected chi connectivity index (χ3v) is 2.83. The molecule has 1 unspecified atom stereocenters. The summed E-state index contributed by atoms with van der Waals surface area (Å²) >= 11 is 0. The van der Waals surface area contributed by atoms with Gasteiger partial charge in [0.05, 0.1) is 42.5 Å². The van der Waals surface area contributed by atoms with Gasteiger partial charge in [-0.05, 0) is 6.07 Å². The van der Waals surface area contributed by atoms with Crippen LogP contribution in [0, 0.1) is 21.7 Å². The van der Waals surface area contributed by atoms with E-state index in [0.717, 1.165) is 0 Å². The van der Waals surface area contributed by atoms with E-state index in [-0.39, 0.29) is 13.2 Å². The summed E-state index contributed by atoms with van der Waals surface area (Å²) in [7, 11) is 0. The summed E-state index contributed by atoms with van der Waals surface area (Å²) in [6.07, 6.45) is -0.394. The average Bonchev–Trinajstić information content (AvgIpc) is 2.47. The number of benzene rings is 1. The van der Waals surface area contributed by atoms with Crippen molar-refractivity contribution in [1.29, 1.82) is 0 Å². The maximum absolute atomic E-state index is 13.8. The highest BCUT2D eigenvalue weighted by Gasteiger charge is 2.25. The summed E-state index contributed by atoms with van der Waals surface area (Å²) in [5, 5.41) is 12.9. The van der Waals surface area contributed by atoms with Crippen molar-refractivity contribution in [2.45, 2.75) is 6.10 Å². The molecule has 1 aliphatic heterocycles. The zero-order valence-electron chi connectivity index (χ0n) is 10.8. The lowest BCUT2D eigenvalue weighted by atomic mass is 10.1. The number of rotatable bonds is 4. The summed E-state index contributed by atoms with van der Waals surface area (Å²) in [6, 6.07) is 1.03. The molecule has 2 rings (SSSR count). The normalized spacial score (nSPS) is 18.3. The summed E-state index contributed by atoms with van der Waals surface area (Å²) in [5.41, 5.74) is -1.81. The molecule has 7 nitrogen and oxygen atoms in total. The Kier molecular flexibility index (Phi) is 4.76. The SMILES string of the molecule is O=C(NCC1COCCO1)c1cc(F)cc([N+](=O)[O-])c1F. The van der Waals surface area contributed by atoms with Gasteiger partial charge in [-0.25, -0.2) is 4.39 Å². The number of nitro groups is 1. The predicted octanol–water partition coefficient (Wildman–Crippen LogP) is 1.02. The van der Waals surface area contributed by atoms with Gasteiger partial charge >= 0.3 is 5.69 Å². The number of halogens is 2. The fourth-order valence-electron chi connectivity index (χ4n) is 1.83. The van der Waals surface area contributed by atoms with Crippen LogP contribution >= 0.6 is 0 Å². The van der Waals surface area contributed by atoms with Crippen LogP contribution in [0.15, 0.2) is 12.1 Å². The van der Waals surface area contributed by atoms with Crippen LogP contribution in [0.4, 0.5) is 14.5 Å². The van der Waals surface area contributed by atoms with Crippen molar-refractivity contribution in [2.24, 2.45) is 0 Å². The van der Waals surface area contributed by atoms with Gasteiger partial charge in [0.1, 0.15) is 5.82 Å². The van der Waals surface area contributed by atoms with Crippen LogP contribution in [-0.4, -0.2) is 43.3 Å². The molecule has 1 amide bonds. The molecule has 21 heavy (non-hydrogen) atoms. The summed E-state index contributed by atoms with van der Waals surface area (Å²) in [5.74, 6) is -3.39. The number of nitrogens with zero attached hydrogens (tertiary/aromatic N) is 1. The van der Waals surface area contributed by atoms with E-state index in [9.17, 15) is 23.7 Å². The summed E-state index contributed by atoms with van der Waals surface area (Å²) in [4.78, 5) is 21.3. The Hall–Kier alpha value is -2.13. The second kappa shape index (κ2) is 6.55. The first kappa shape index (κ1) is 15.3. The smallest absolute Gasteiger partial charge is 0.308 e. The largest absolute Gasteiger partial charge is 0.376 e. The van der Waals surface area contributed by atoms with Crippen molar-refractivity contribution in [3.05, 3.63) is 39.4 Å². The first-order valence-electron chi connectivity index (χ1n) is 6.10. The van der Waals surface area contributed by atoms with E-state index in [1.165, 1.54) is 0 Å². The first-order valence-corrected chi connectivity index (χ1v) is 6.10. The molecule has 1 saturated heterocycles. The van der Waals surface area contributed by atoms with Crippen LogP contribution in [0.25, 0.3) is 0 Å². The highest BCUT2D eigenvalue weighted by molar-refractivity contribution is 5.95. The van der Waals surface area contributed by atoms with Crippen molar-refractivity contribution in [2.75, 3.05) is 26.4 Å². The van der Waals surface area contributed by atoms with Gasteiger partial charge in [0, 0.05) is 6.54 Å². The van der Waals surface area contributed by atoms with Crippen LogP contribution in [0.3, 0.4) is 0 Å². The first-order chi connectivity index (χ1) is 9.99. The molecule has 0 spiro atoms. The Labute approximate surface area is 118 Å². The van der Waals surface area contributed by atoms with Gasteiger partial charge in [0.15, 0.2) is 0 Å². The Balaban J connectivity index is 2.09. The monoisotopic (exact) mass is 302 g/mol. The minimum absolute atomic E-state index is 0.0303. The molecule has 114 valence electrons. The fourth-order valence-corrected chi connectivity index (χ4v) is 1.83. The number of carbonyl (C=O) groups is 1. The third kappa shape index (κ3) is 3.70. The summed E-state index contributed by atoms with van der Waals surface area (Å²) < 4.78 is 37.4. The lowest BCUT2D eigenvalue weighted by molar-refractivity contribution is -0.387. The van der Waals surface area contributed by atoms with E-state index >= 15 is 0 Å². The maximum atomic E-state index is 13.8. The Bertz CT molecular complexity index is 561. The van der Waals surface area contributed by atoms with Gasteiger partial charge < -0.3 is 14.8 Å². The lowest BCUT2D eigenvalue weighted by Gasteiger charge is -2.23. The molecule has 1 aliphatic rings. The molecule has 0 aromatic heterocycles. The highest BCUT2D eigenvalue weighted by Crippen LogP contribution is 2.22. The van der Waals surface area contributed by atoms with Crippen LogP contribution in [0.1, 0.15) is 10.4 Å². The van der Waals surface area contributed by atoms with E-state index in [2.05, 4.69) is 5.32 Å². The van der Waals surface area contributed by atoms with E-state index in [1.807, 2.05) is 0 Å². The molecule has 1 heterocycles. The van der Waals surface area contributed by atoms with Crippen LogP contribution in [0.5, 0.6) is 0 Å². The second-order valence-corrected chi connectivity index (χ2v) is 4.32. The number of nitro benzene ring substituents is 1. The topological polar surface area (TPSA) is 90.7 Å². The van der Waals surface area contributed by atoms with Crippen LogP contribution < -0.4 is 5.32 Å². The van der Waals surface area contributed by atoms with E-state index in [0.29, 0.717) is 25.3 Å². The van der Waals surface area contributed by atoms with Crippen molar-refractivity contribution >= 4 is 11.6 Å². The van der Waals surface area contributed by atoms with Crippen molar-refractivity contribution < 1.29 is 28.0 Å². The zero-order valence-corrected chi connectivity index (χ0v) is 10.8. The number of hydrogen-bond acceptors (Lipinski definition) is 5. The Morgan fingerprint density at radius 1 is 1.43 bits per heavy atom. The van der Waals surface area contributed by atoms with Crippen molar-refractivity contribution in [3.63, 3.8) is 0 Å². The van der Waals surface area contributed by atoms with E-state index in [4.69, 9.17) is 9.47 Å². The summed E-state index contributed by atoms with van der Waals surface area (Å²) in [6.45, 7) is 1.13. The predicted molar refractivity (Wildman–Crippen MR) is 65.9 cm³/mol. The quantitative estimate of drug-likeness (QED) is 0.662. The molecule has 0 radical (unpaired) electrons. The molecular formula is C12H12F2N2O5. The van der Waals surface area contributed by atoms with Crippen molar-refractivity contribution in [1.82, 2.24) is 5.32 Å². The fraction of sp³-hybridized carbons (Fsp3) is 0.417. The van der Waals surface area contributed by atoms with Gasteiger partial charge in [-0.3, -0.25) is 14.9 Å². The minimum Gasteiger partial charge on any atom is -0.376 e. The average molecular weight is 302 g/mol. The number of hydrogen-bond donors (Lipinski definition) is 1. The van der Waals surface area contributed by atoms with Gasteiger partial charge in [-0.15, -0.1) is 0 Å². The van der Waals surface area contributed by atoms with Gasteiger partial charge in [-0.2, -0.15) is 4.39 Å². The van der Waals surface area contributed by atoms with Crippen LogP contribution in [0.2, 0.25) is 0 Å². The number of amides is 1. The van der Waals surface area contributed by atoms with Crippen LogP contribution in [-0.2, 0) is 9.47 Å². The van der Waals surface area contributed by atoms with E-state index in [1.54, 1.807) is 0 Å². The zero-order chi connectivity index (χ0) is 15.4. The molecule has 1 atom stereocenters. The number of carbonyl (C=O) groups excluding carboxylic acids is 1. The third-order valence-electron chi connectivity index (χ3n) is 2.83. The van der Waals surface area contributed by atoms with Crippen molar-refractivity contribution in [3.8, 4) is 0 Å². The Morgan fingerprint density at radius 3 is 2.81 bits per heavy atom. The molecule has 1 aromatic carbocycles. The van der Waals surface area contributed by atoms with Gasteiger partial charge in [0.25, 0.3) is 5.91 Å². The minimum atomic E-state index is -1.38. The highest BCUT2D eigenvalue weighted by atomic mass is 19.1. The van der Waals surface area contributed by atoms with Gasteiger partial charge in [0.2, 0.25) is 5.82 Å². The molecular weight excluding hydrogens is 290 g/mol. The van der Waals surface area contributed by atoms with E-state index < -0.39 is 39.8 Å². The molecule has 0 saturated carbocycles. The second-order valence-electron chi connectivity index (χ2n) is 4.32. The molecule has 1 fully saturated rings. The molecule has 0 aliphatic carbocycles.